The van der Waals surface area contributed by atoms with Crippen LogP contribution in [0.15, 0.2) is 10.6 Å². The lowest BCUT2D eigenvalue weighted by Gasteiger charge is -2.29. The molecule has 1 N–H and O–H groups in total. The zero-order valence-electron chi connectivity index (χ0n) is 11.2. The average molecular weight is 266 g/mol. The maximum atomic E-state index is 12.0. The second kappa shape index (κ2) is 5.83. The van der Waals surface area contributed by atoms with Crippen LogP contribution in [0.4, 0.5) is 0 Å². The van der Waals surface area contributed by atoms with E-state index in [2.05, 4.69) is 10.5 Å². The number of rotatable bonds is 3. The predicted octanol–water partition coefficient (Wildman–Crippen LogP) is -0.513. The molecule has 1 aliphatic heterocycles. The van der Waals surface area contributed by atoms with Gasteiger partial charge in [0, 0.05) is 39.3 Å². The van der Waals surface area contributed by atoms with Crippen molar-refractivity contribution in [3.63, 3.8) is 0 Å². The fourth-order valence-electron chi connectivity index (χ4n) is 1.95. The number of carbonyl (C=O) groups is 2. The van der Waals surface area contributed by atoms with Crippen molar-refractivity contribution in [2.45, 2.75) is 6.92 Å². The summed E-state index contributed by atoms with van der Waals surface area (Å²) in [6.45, 7) is 4.74. The van der Waals surface area contributed by atoms with Gasteiger partial charge >= 0.3 is 0 Å². The molecule has 1 saturated heterocycles. The van der Waals surface area contributed by atoms with Crippen LogP contribution >= 0.6 is 0 Å². The van der Waals surface area contributed by atoms with E-state index in [0.29, 0.717) is 18.8 Å². The highest BCUT2D eigenvalue weighted by atomic mass is 16.5. The molecule has 0 atom stereocenters. The highest BCUT2D eigenvalue weighted by molar-refractivity contribution is 5.94. The highest BCUT2D eigenvalue weighted by Crippen LogP contribution is 2.05. The molecule has 2 heterocycles. The molecule has 0 aromatic carbocycles. The summed E-state index contributed by atoms with van der Waals surface area (Å²) in [6.07, 6.45) is 0. The van der Waals surface area contributed by atoms with Crippen LogP contribution in [-0.4, -0.2) is 66.5 Å². The molecule has 7 heteroatoms. The van der Waals surface area contributed by atoms with E-state index in [1.807, 2.05) is 0 Å². The van der Waals surface area contributed by atoms with Crippen LogP contribution in [0, 0.1) is 6.92 Å². The topological polar surface area (TPSA) is 78.7 Å². The van der Waals surface area contributed by atoms with Gasteiger partial charge in [0.15, 0.2) is 5.69 Å². The lowest BCUT2D eigenvalue weighted by molar-refractivity contribution is -0.132. The number of aromatic nitrogens is 1. The highest BCUT2D eigenvalue weighted by Gasteiger charge is 2.22. The summed E-state index contributed by atoms with van der Waals surface area (Å²) in [6, 6.07) is 1.56. The number of piperazine rings is 1. The van der Waals surface area contributed by atoms with Crippen molar-refractivity contribution in [2.24, 2.45) is 0 Å². The summed E-state index contributed by atoms with van der Waals surface area (Å²) < 4.78 is 4.86. The van der Waals surface area contributed by atoms with Gasteiger partial charge in [-0.3, -0.25) is 9.59 Å². The Labute approximate surface area is 111 Å². The van der Waals surface area contributed by atoms with Gasteiger partial charge in [-0.15, -0.1) is 0 Å². The van der Waals surface area contributed by atoms with Gasteiger partial charge in [0.1, 0.15) is 5.76 Å². The summed E-state index contributed by atoms with van der Waals surface area (Å²) in [4.78, 5) is 27.1. The zero-order chi connectivity index (χ0) is 13.8. The number of hydrogen-bond acceptors (Lipinski definition) is 5. The summed E-state index contributed by atoms with van der Waals surface area (Å²) >= 11 is 0. The Hall–Kier alpha value is -1.89. The lowest BCUT2D eigenvalue weighted by Crippen LogP contribution is -2.49. The smallest absolute Gasteiger partial charge is 0.276 e. The van der Waals surface area contributed by atoms with Gasteiger partial charge in [-0.2, -0.15) is 0 Å². The first-order chi connectivity index (χ1) is 9.08. The number of nitrogens with one attached hydrogen (secondary N) is 1. The minimum Gasteiger partial charge on any atom is -0.361 e. The Morgan fingerprint density at radius 3 is 2.74 bits per heavy atom. The fraction of sp³-hybridized carbons (Fsp3) is 0.583. The number of likely N-dealkylation sites (N-methyl/N-ethyl adjacent to an activating group) is 1. The summed E-state index contributed by atoms with van der Waals surface area (Å²) in [7, 11) is 1.59. The number of aryl methyl sites for hydroxylation is 1. The second-order valence-electron chi connectivity index (χ2n) is 4.61. The van der Waals surface area contributed by atoms with Gasteiger partial charge in [-0.1, -0.05) is 5.16 Å². The van der Waals surface area contributed by atoms with Gasteiger partial charge in [0.2, 0.25) is 5.91 Å². The van der Waals surface area contributed by atoms with Gasteiger partial charge in [0.05, 0.1) is 6.54 Å². The molecule has 0 bridgehead atoms. The quantitative estimate of drug-likeness (QED) is 0.797. The van der Waals surface area contributed by atoms with E-state index in [4.69, 9.17) is 4.52 Å². The molecule has 7 nitrogen and oxygen atoms in total. The van der Waals surface area contributed by atoms with Crippen LogP contribution in [0.25, 0.3) is 0 Å². The monoisotopic (exact) mass is 266 g/mol. The normalized spacial score (nSPS) is 15.4. The first-order valence-electron chi connectivity index (χ1n) is 6.25. The Morgan fingerprint density at radius 2 is 2.16 bits per heavy atom. The fourth-order valence-corrected chi connectivity index (χ4v) is 1.95. The summed E-state index contributed by atoms with van der Waals surface area (Å²) in [5.41, 5.74) is 0.230. The van der Waals surface area contributed by atoms with Gasteiger partial charge in [-0.25, -0.2) is 0 Å². The number of nitrogens with zero attached hydrogens (tertiary/aromatic N) is 3. The third-order valence-corrected chi connectivity index (χ3v) is 3.04. The van der Waals surface area contributed by atoms with Crippen molar-refractivity contribution >= 4 is 11.8 Å². The molecule has 2 amide bonds. The van der Waals surface area contributed by atoms with Crippen LogP contribution in [0.3, 0.4) is 0 Å². The number of amides is 2. The molecule has 1 fully saturated rings. The lowest BCUT2D eigenvalue weighted by atomic mass is 10.3. The first kappa shape index (κ1) is 13.5. The Morgan fingerprint density at radius 1 is 1.47 bits per heavy atom. The second-order valence-corrected chi connectivity index (χ2v) is 4.61. The SMILES string of the molecule is Cc1cc(C(=O)N(C)CC(=O)N2CCNCC2)no1. The maximum absolute atomic E-state index is 12.0. The van der Waals surface area contributed by atoms with Crippen LogP contribution in [-0.2, 0) is 4.79 Å². The minimum absolute atomic E-state index is 0.0439. The Kier molecular flexibility index (Phi) is 4.16. The number of hydrogen-bond donors (Lipinski definition) is 1. The van der Waals surface area contributed by atoms with E-state index in [0.717, 1.165) is 13.1 Å². The molecule has 1 aliphatic rings. The van der Waals surface area contributed by atoms with Crippen molar-refractivity contribution < 1.29 is 14.1 Å². The predicted molar refractivity (Wildman–Crippen MR) is 67.7 cm³/mol. The molecule has 19 heavy (non-hydrogen) atoms. The van der Waals surface area contributed by atoms with Crippen molar-refractivity contribution in [3.8, 4) is 0 Å². The molecule has 0 saturated carbocycles. The van der Waals surface area contributed by atoms with Crippen molar-refractivity contribution in [1.29, 1.82) is 0 Å². The van der Waals surface area contributed by atoms with E-state index in [9.17, 15) is 9.59 Å². The number of carbonyl (C=O) groups excluding carboxylic acids is 2. The molecule has 0 radical (unpaired) electrons. The van der Waals surface area contributed by atoms with Crippen molar-refractivity contribution in [2.75, 3.05) is 39.8 Å². The van der Waals surface area contributed by atoms with Crippen LogP contribution in [0.5, 0.6) is 0 Å². The molecular formula is C12H18N4O3. The molecule has 1 aromatic heterocycles. The van der Waals surface area contributed by atoms with E-state index in [1.165, 1.54) is 4.90 Å². The van der Waals surface area contributed by atoms with Gasteiger partial charge < -0.3 is 19.6 Å². The largest absolute Gasteiger partial charge is 0.361 e. The van der Waals surface area contributed by atoms with Gasteiger partial charge in [0.25, 0.3) is 5.91 Å². The molecule has 0 aliphatic carbocycles. The molecule has 104 valence electrons. The van der Waals surface area contributed by atoms with Crippen molar-refractivity contribution in [3.05, 3.63) is 17.5 Å². The third-order valence-electron chi connectivity index (χ3n) is 3.04. The molecular weight excluding hydrogens is 248 g/mol. The van der Waals surface area contributed by atoms with E-state index in [-0.39, 0.29) is 24.1 Å². The first-order valence-corrected chi connectivity index (χ1v) is 6.25. The van der Waals surface area contributed by atoms with E-state index < -0.39 is 0 Å². The van der Waals surface area contributed by atoms with E-state index >= 15 is 0 Å². The molecule has 0 unspecified atom stereocenters. The molecule has 0 spiro atoms. The average Bonchev–Trinajstić information content (AvgIpc) is 2.85. The van der Waals surface area contributed by atoms with Crippen molar-refractivity contribution in [1.82, 2.24) is 20.3 Å². The zero-order valence-corrected chi connectivity index (χ0v) is 11.2. The van der Waals surface area contributed by atoms with E-state index in [1.54, 1.807) is 24.9 Å². The van der Waals surface area contributed by atoms with Crippen LogP contribution in [0.2, 0.25) is 0 Å². The summed E-state index contributed by atoms with van der Waals surface area (Å²) in [5, 5.41) is 6.83. The Bertz CT molecular complexity index is 465. The van der Waals surface area contributed by atoms with Gasteiger partial charge in [-0.05, 0) is 6.92 Å². The standard InChI is InChI=1S/C12H18N4O3/c1-9-7-10(14-19-9)12(18)15(2)8-11(17)16-5-3-13-4-6-16/h7,13H,3-6,8H2,1-2H3. The minimum atomic E-state index is -0.305. The third kappa shape index (κ3) is 3.31. The van der Waals surface area contributed by atoms with Crippen LogP contribution < -0.4 is 5.32 Å². The van der Waals surface area contributed by atoms with Crippen LogP contribution in [0.1, 0.15) is 16.2 Å². The molecule has 1 aromatic rings. The Balaban J connectivity index is 1.91. The molecule has 2 rings (SSSR count). The maximum Gasteiger partial charge on any atom is 0.276 e. The summed E-state index contributed by atoms with van der Waals surface area (Å²) in [5.74, 6) is 0.225.